The van der Waals surface area contributed by atoms with Crippen LogP contribution < -0.4 is 10.6 Å². The molecule has 4 rings (SSSR count). The maximum absolute atomic E-state index is 12.7. The van der Waals surface area contributed by atoms with E-state index in [9.17, 15) is 4.79 Å². The number of carbonyl (C=O) groups excluding carboxylic acids is 1. The Labute approximate surface area is 149 Å². The van der Waals surface area contributed by atoms with E-state index in [0.29, 0.717) is 17.6 Å². The van der Waals surface area contributed by atoms with Crippen LogP contribution in [0.4, 0.5) is 0 Å². The zero-order chi connectivity index (χ0) is 17.6. The van der Waals surface area contributed by atoms with Crippen LogP contribution in [0.1, 0.15) is 35.2 Å². The van der Waals surface area contributed by atoms with E-state index in [2.05, 4.69) is 41.7 Å². The number of nitrogens with one attached hydrogen (secondary N) is 2. The summed E-state index contributed by atoms with van der Waals surface area (Å²) in [6.07, 6.45) is 5.13. The standard InChI is InChI=1S/C20H24N2O2Si/c1-25(2,3)9-8-14-12-24-19-7-4-13(10-16(14)19)20(23)22-18-11-15-5-6-17(18)21-15/h4,7,10,12,15,17-18,21H,5-6,11H2,1-3H3,(H,22,23)/t15-,17+,18-/m1/s1. The van der Waals surface area contributed by atoms with Crippen LogP contribution in [0.2, 0.25) is 19.6 Å². The van der Waals surface area contributed by atoms with Gasteiger partial charge in [-0.3, -0.25) is 4.79 Å². The first kappa shape index (κ1) is 16.4. The minimum Gasteiger partial charge on any atom is -0.463 e. The third kappa shape index (κ3) is 3.37. The molecule has 130 valence electrons. The van der Waals surface area contributed by atoms with Gasteiger partial charge in [0.25, 0.3) is 5.91 Å². The number of amides is 1. The van der Waals surface area contributed by atoms with Crippen LogP contribution in [0.15, 0.2) is 28.9 Å². The van der Waals surface area contributed by atoms with Crippen LogP contribution in [0.3, 0.4) is 0 Å². The van der Waals surface area contributed by atoms with E-state index < -0.39 is 8.07 Å². The summed E-state index contributed by atoms with van der Waals surface area (Å²) in [5, 5.41) is 7.67. The topological polar surface area (TPSA) is 54.3 Å². The average molecular weight is 353 g/mol. The maximum atomic E-state index is 12.7. The van der Waals surface area contributed by atoms with Crippen molar-refractivity contribution in [3.8, 4) is 11.5 Å². The van der Waals surface area contributed by atoms with Gasteiger partial charge in [-0.15, -0.1) is 5.54 Å². The number of rotatable bonds is 2. The fourth-order valence-electron chi connectivity index (χ4n) is 3.76. The molecule has 3 heterocycles. The molecular weight excluding hydrogens is 328 g/mol. The number of furan rings is 1. The minimum absolute atomic E-state index is 0.00782. The Morgan fingerprint density at radius 1 is 1.32 bits per heavy atom. The number of carbonyl (C=O) groups is 1. The van der Waals surface area contributed by atoms with Crippen LogP contribution in [0.25, 0.3) is 11.0 Å². The van der Waals surface area contributed by atoms with Crippen LogP contribution in [-0.2, 0) is 0 Å². The van der Waals surface area contributed by atoms with Gasteiger partial charge in [0, 0.05) is 29.1 Å². The second-order valence-electron chi connectivity index (χ2n) is 8.22. The molecule has 2 fully saturated rings. The van der Waals surface area contributed by atoms with Crippen molar-refractivity contribution >= 4 is 25.0 Å². The Kier molecular flexibility index (Phi) is 3.97. The lowest BCUT2D eigenvalue weighted by atomic mass is 9.95. The molecule has 2 aromatic rings. The highest BCUT2D eigenvalue weighted by molar-refractivity contribution is 6.83. The van der Waals surface area contributed by atoms with Gasteiger partial charge in [0.1, 0.15) is 19.9 Å². The zero-order valence-corrected chi connectivity index (χ0v) is 16.0. The van der Waals surface area contributed by atoms with Crippen molar-refractivity contribution in [1.29, 1.82) is 0 Å². The van der Waals surface area contributed by atoms with Crippen LogP contribution in [0.5, 0.6) is 0 Å². The van der Waals surface area contributed by atoms with Crippen molar-refractivity contribution in [2.45, 2.75) is 57.0 Å². The third-order valence-electron chi connectivity index (χ3n) is 5.02. The summed E-state index contributed by atoms with van der Waals surface area (Å²) < 4.78 is 5.59. The molecule has 25 heavy (non-hydrogen) atoms. The van der Waals surface area contributed by atoms with Crippen molar-refractivity contribution in [2.24, 2.45) is 0 Å². The van der Waals surface area contributed by atoms with E-state index in [1.807, 2.05) is 18.2 Å². The molecule has 4 nitrogen and oxygen atoms in total. The molecule has 1 amide bonds. The van der Waals surface area contributed by atoms with Gasteiger partial charge >= 0.3 is 0 Å². The molecule has 1 aromatic heterocycles. The molecule has 5 heteroatoms. The van der Waals surface area contributed by atoms with E-state index in [1.54, 1.807) is 6.26 Å². The summed E-state index contributed by atoms with van der Waals surface area (Å²) in [4.78, 5) is 12.7. The predicted octanol–water partition coefficient (Wildman–Crippen LogP) is 3.28. The third-order valence-corrected chi connectivity index (χ3v) is 5.90. The SMILES string of the molecule is C[Si](C)(C)C#Cc1coc2ccc(C(=O)N[C@@H]3C[C@H]4CC[C@@H]3N4)cc12. The molecule has 0 aliphatic carbocycles. The lowest BCUT2D eigenvalue weighted by Gasteiger charge is -2.21. The quantitative estimate of drug-likeness (QED) is 0.644. The van der Waals surface area contributed by atoms with Crippen LogP contribution in [0, 0.1) is 11.5 Å². The number of benzene rings is 1. The monoisotopic (exact) mass is 352 g/mol. The lowest BCUT2D eigenvalue weighted by Crippen LogP contribution is -2.42. The van der Waals surface area contributed by atoms with E-state index in [1.165, 1.54) is 6.42 Å². The summed E-state index contributed by atoms with van der Waals surface area (Å²) in [5.74, 6) is 3.24. The summed E-state index contributed by atoms with van der Waals surface area (Å²) in [6, 6.07) is 6.86. The molecule has 3 atom stereocenters. The van der Waals surface area contributed by atoms with E-state index in [0.717, 1.165) is 29.4 Å². The van der Waals surface area contributed by atoms with Crippen molar-refractivity contribution in [2.75, 3.05) is 0 Å². The minimum atomic E-state index is -1.46. The Morgan fingerprint density at radius 2 is 2.16 bits per heavy atom. The maximum Gasteiger partial charge on any atom is 0.251 e. The normalized spacial score (nSPS) is 25.0. The van der Waals surface area contributed by atoms with Crippen molar-refractivity contribution in [1.82, 2.24) is 10.6 Å². The average Bonchev–Trinajstić information content (AvgIpc) is 3.26. The molecular formula is C20H24N2O2Si. The number of fused-ring (bicyclic) bond motifs is 3. The Balaban J connectivity index is 1.57. The van der Waals surface area contributed by atoms with Crippen molar-refractivity contribution in [3.63, 3.8) is 0 Å². The lowest BCUT2D eigenvalue weighted by molar-refractivity contribution is 0.0931. The van der Waals surface area contributed by atoms with E-state index in [-0.39, 0.29) is 11.9 Å². The summed E-state index contributed by atoms with van der Waals surface area (Å²) in [5.41, 5.74) is 5.68. The largest absolute Gasteiger partial charge is 0.463 e. The van der Waals surface area contributed by atoms with E-state index in [4.69, 9.17) is 4.42 Å². The van der Waals surface area contributed by atoms with Crippen LogP contribution in [-0.4, -0.2) is 32.1 Å². The molecule has 0 saturated carbocycles. The van der Waals surface area contributed by atoms with Gasteiger partial charge in [-0.1, -0.05) is 25.6 Å². The second-order valence-corrected chi connectivity index (χ2v) is 13.0. The number of hydrogen-bond acceptors (Lipinski definition) is 3. The summed E-state index contributed by atoms with van der Waals surface area (Å²) in [6.45, 7) is 6.64. The summed E-state index contributed by atoms with van der Waals surface area (Å²) >= 11 is 0. The van der Waals surface area contributed by atoms with Crippen molar-refractivity contribution < 1.29 is 9.21 Å². The molecule has 2 aliphatic heterocycles. The second kappa shape index (κ2) is 6.05. The first-order valence-corrected chi connectivity index (χ1v) is 12.5. The van der Waals surface area contributed by atoms with E-state index >= 15 is 0 Å². The van der Waals surface area contributed by atoms with Gasteiger partial charge in [0.15, 0.2) is 0 Å². The van der Waals surface area contributed by atoms with Gasteiger partial charge in [0.2, 0.25) is 0 Å². The molecule has 0 radical (unpaired) electrons. The van der Waals surface area contributed by atoms with Gasteiger partial charge in [0.05, 0.1) is 5.56 Å². The fourth-order valence-corrected chi connectivity index (χ4v) is 4.27. The van der Waals surface area contributed by atoms with Gasteiger partial charge < -0.3 is 15.1 Å². The molecule has 0 spiro atoms. The predicted molar refractivity (Wildman–Crippen MR) is 102 cm³/mol. The Hall–Kier alpha value is -2.03. The molecule has 2 bridgehead atoms. The van der Waals surface area contributed by atoms with Crippen LogP contribution >= 0.6 is 0 Å². The molecule has 0 unspecified atom stereocenters. The van der Waals surface area contributed by atoms with Crippen molar-refractivity contribution in [3.05, 3.63) is 35.6 Å². The highest BCUT2D eigenvalue weighted by Crippen LogP contribution is 2.28. The molecule has 2 aliphatic rings. The molecule has 1 aromatic carbocycles. The van der Waals surface area contributed by atoms with Gasteiger partial charge in [-0.25, -0.2) is 0 Å². The first-order chi connectivity index (χ1) is 11.9. The van der Waals surface area contributed by atoms with Gasteiger partial charge in [-0.05, 0) is 37.5 Å². The Bertz CT molecular complexity index is 884. The fraction of sp³-hybridized carbons (Fsp3) is 0.450. The summed E-state index contributed by atoms with van der Waals surface area (Å²) in [7, 11) is -1.46. The van der Waals surface area contributed by atoms with Gasteiger partial charge in [-0.2, -0.15) is 0 Å². The highest BCUT2D eigenvalue weighted by Gasteiger charge is 2.39. The zero-order valence-electron chi connectivity index (χ0n) is 15.0. The molecule has 2 N–H and O–H groups in total. The molecule has 2 saturated heterocycles. The Morgan fingerprint density at radius 3 is 2.84 bits per heavy atom. The number of hydrogen-bond donors (Lipinski definition) is 2. The smallest absolute Gasteiger partial charge is 0.251 e. The first-order valence-electron chi connectivity index (χ1n) is 9.00. The highest BCUT2D eigenvalue weighted by atomic mass is 28.3.